The van der Waals surface area contributed by atoms with Gasteiger partial charge in [0.05, 0.1) is 23.1 Å². The smallest absolute Gasteiger partial charge is 0.243 e. The Morgan fingerprint density at radius 1 is 1.22 bits per heavy atom. The lowest BCUT2D eigenvalue weighted by Crippen LogP contribution is -2.36. The lowest BCUT2D eigenvalue weighted by molar-refractivity contribution is -0.123. The number of carbonyl (C=O) groups excluding carboxylic acids is 2. The van der Waals surface area contributed by atoms with E-state index in [4.69, 9.17) is 28.9 Å². The van der Waals surface area contributed by atoms with Crippen molar-refractivity contribution in [1.29, 1.82) is 0 Å². The average molecular weight is 294 g/mol. The van der Waals surface area contributed by atoms with Crippen LogP contribution in [0.4, 0.5) is 10.1 Å². The Bertz CT molecular complexity index is 459. The molecule has 8 heteroatoms. The van der Waals surface area contributed by atoms with Gasteiger partial charge in [0.2, 0.25) is 11.8 Å². The predicted molar refractivity (Wildman–Crippen MR) is 67.1 cm³/mol. The molecule has 0 aliphatic heterocycles. The lowest BCUT2D eigenvalue weighted by atomic mass is 10.3. The van der Waals surface area contributed by atoms with Crippen molar-refractivity contribution in [3.8, 4) is 0 Å². The van der Waals surface area contributed by atoms with Crippen LogP contribution in [0.5, 0.6) is 0 Å². The Balaban J connectivity index is 2.62. The fourth-order valence-corrected chi connectivity index (χ4v) is 1.57. The molecule has 1 aromatic carbocycles. The van der Waals surface area contributed by atoms with E-state index >= 15 is 0 Å². The number of hydrogen-bond donors (Lipinski definition) is 3. The summed E-state index contributed by atoms with van der Waals surface area (Å²) in [4.78, 5) is 22.2. The lowest BCUT2D eigenvalue weighted by Gasteiger charge is -2.07. The van der Waals surface area contributed by atoms with Gasteiger partial charge in [0, 0.05) is 5.69 Å². The number of nitrogens with one attached hydrogen (secondary N) is 2. The summed E-state index contributed by atoms with van der Waals surface area (Å²) in [5.41, 5.74) is 5.28. The molecule has 0 saturated carbocycles. The highest BCUT2D eigenvalue weighted by Crippen LogP contribution is 2.27. The molecule has 0 spiro atoms. The van der Waals surface area contributed by atoms with Gasteiger partial charge in [0.25, 0.3) is 0 Å². The van der Waals surface area contributed by atoms with Crippen LogP contribution in [0.25, 0.3) is 0 Å². The van der Waals surface area contributed by atoms with Crippen molar-refractivity contribution in [3.05, 3.63) is 28.0 Å². The van der Waals surface area contributed by atoms with Crippen LogP contribution in [0.3, 0.4) is 0 Å². The number of benzene rings is 1. The number of halogens is 3. The second-order valence-corrected chi connectivity index (χ2v) is 4.10. The topological polar surface area (TPSA) is 84.2 Å². The molecule has 1 rings (SSSR count). The van der Waals surface area contributed by atoms with Gasteiger partial charge in [-0.15, -0.1) is 0 Å². The van der Waals surface area contributed by atoms with Gasteiger partial charge in [-0.3, -0.25) is 9.59 Å². The molecule has 0 fully saturated rings. The monoisotopic (exact) mass is 293 g/mol. The van der Waals surface area contributed by atoms with Crippen LogP contribution in [0.15, 0.2) is 12.1 Å². The van der Waals surface area contributed by atoms with E-state index in [1.54, 1.807) is 0 Å². The first kappa shape index (κ1) is 14.7. The number of rotatable bonds is 4. The maximum absolute atomic E-state index is 13.1. The molecular formula is C10H10Cl2FN3O2. The highest BCUT2D eigenvalue weighted by Gasteiger charge is 2.10. The fourth-order valence-electron chi connectivity index (χ4n) is 1.08. The Labute approximate surface area is 112 Å². The number of amides is 2. The molecule has 0 aliphatic rings. The van der Waals surface area contributed by atoms with Crippen LogP contribution in [-0.2, 0) is 9.59 Å². The number of carbonyl (C=O) groups is 2. The first-order chi connectivity index (χ1) is 8.43. The Kier molecular flexibility index (Phi) is 5.33. The van der Waals surface area contributed by atoms with Gasteiger partial charge in [-0.1, -0.05) is 23.2 Å². The van der Waals surface area contributed by atoms with Crippen molar-refractivity contribution in [2.45, 2.75) is 0 Å². The summed E-state index contributed by atoms with van der Waals surface area (Å²) in [6, 6.07) is 2.43. The van der Waals surface area contributed by atoms with E-state index in [1.165, 1.54) is 12.1 Å². The van der Waals surface area contributed by atoms with E-state index < -0.39 is 17.6 Å². The minimum atomic E-state index is -0.757. The predicted octanol–water partition coefficient (Wildman–Crippen LogP) is 1.15. The molecule has 2 amide bonds. The second-order valence-electron chi connectivity index (χ2n) is 3.28. The Hall–Kier alpha value is -1.37. The van der Waals surface area contributed by atoms with Gasteiger partial charge < -0.3 is 16.4 Å². The first-order valence-corrected chi connectivity index (χ1v) is 5.60. The molecule has 0 radical (unpaired) electrons. The van der Waals surface area contributed by atoms with Crippen LogP contribution in [-0.4, -0.2) is 24.9 Å². The Morgan fingerprint density at radius 3 is 2.28 bits per heavy atom. The van der Waals surface area contributed by atoms with Crippen LogP contribution in [0.2, 0.25) is 10.0 Å². The van der Waals surface area contributed by atoms with E-state index in [2.05, 4.69) is 10.6 Å². The van der Waals surface area contributed by atoms with E-state index in [9.17, 15) is 14.0 Å². The molecule has 0 bridgehead atoms. The van der Waals surface area contributed by atoms with E-state index in [0.29, 0.717) is 0 Å². The van der Waals surface area contributed by atoms with Crippen molar-refractivity contribution in [1.82, 2.24) is 5.32 Å². The highest BCUT2D eigenvalue weighted by molar-refractivity contribution is 6.35. The standard InChI is InChI=1S/C10H10Cl2FN3O2/c11-6-1-5(2-7(12)10(6)13)16-9(18)4-15-8(17)3-14/h1-2H,3-4,14H2,(H,15,17)(H,16,18). The minimum Gasteiger partial charge on any atom is -0.346 e. The molecule has 1 aromatic rings. The van der Waals surface area contributed by atoms with Gasteiger partial charge in [-0.05, 0) is 12.1 Å². The Morgan fingerprint density at radius 2 is 1.78 bits per heavy atom. The zero-order valence-electron chi connectivity index (χ0n) is 9.10. The zero-order chi connectivity index (χ0) is 13.7. The third kappa shape index (κ3) is 4.14. The number of nitrogens with two attached hydrogens (primary N) is 1. The van der Waals surface area contributed by atoms with E-state index in [0.717, 1.165) is 0 Å². The fraction of sp³-hybridized carbons (Fsp3) is 0.200. The van der Waals surface area contributed by atoms with Crippen LogP contribution < -0.4 is 16.4 Å². The van der Waals surface area contributed by atoms with E-state index in [1.807, 2.05) is 0 Å². The molecule has 0 atom stereocenters. The quantitative estimate of drug-likeness (QED) is 0.728. The van der Waals surface area contributed by atoms with Crippen LogP contribution in [0, 0.1) is 5.82 Å². The molecule has 0 unspecified atom stereocenters. The summed E-state index contributed by atoms with van der Waals surface area (Å²) in [7, 11) is 0. The van der Waals surface area contributed by atoms with E-state index in [-0.39, 0.29) is 28.8 Å². The highest BCUT2D eigenvalue weighted by atomic mass is 35.5. The SMILES string of the molecule is NCC(=O)NCC(=O)Nc1cc(Cl)c(F)c(Cl)c1. The van der Waals surface area contributed by atoms with Crippen LogP contribution >= 0.6 is 23.2 Å². The van der Waals surface area contributed by atoms with Crippen molar-refractivity contribution in [2.24, 2.45) is 5.73 Å². The van der Waals surface area contributed by atoms with Gasteiger partial charge >= 0.3 is 0 Å². The summed E-state index contributed by atoms with van der Waals surface area (Å²) in [5.74, 6) is -1.72. The molecule has 5 nitrogen and oxygen atoms in total. The summed E-state index contributed by atoms with van der Waals surface area (Å²) in [6.07, 6.45) is 0. The third-order valence-electron chi connectivity index (χ3n) is 1.90. The van der Waals surface area contributed by atoms with Crippen molar-refractivity contribution >= 4 is 40.7 Å². The van der Waals surface area contributed by atoms with Crippen molar-refractivity contribution in [2.75, 3.05) is 18.4 Å². The first-order valence-electron chi connectivity index (χ1n) is 4.85. The maximum Gasteiger partial charge on any atom is 0.243 e. The van der Waals surface area contributed by atoms with Crippen LogP contribution in [0.1, 0.15) is 0 Å². The average Bonchev–Trinajstić information content (AvgIpc) is 2.32. The molecular weight excluding hydrogens is 284 g/mol. The third-order valence-corrected chi connectivity index (χ3v) is 2.45. The number of anilines is 1. The van der Waals surface area contributed by atoms with Gasteiger partial charge in [-0.25, -0.2) is 4.39 Å². The summed E-state index contributed by atoms with van der Waals surface area (Å²) >= 11 is 11.1. The molecule has 0 saturated heterocycles. The largest absolute Gasteiger partial charge is 0.346 e. The van der Waals surface area contributed by atoms with Gasteiger partial charge in [0.15, 0.2) is 5.82 Å². The normalized spacial score (nSPS) is 10.0. The molecule has 0 heterocycles. The molecule has 0 aromatic heterocycles. The molecule has 4 N–H and O–H groups in total. The van der Waals surface area contributed by atoms with Crippen molar-refractivity contribution < 1.29 is 14.0 Å². The van der Waals surface area contributed by atoms with Crippen molar-refractivity contribution in [3.63, 3.8) is 0 Å². The second kappa shape index (κ2) is 6.53. The molecule has 18 heavy (non-hydrogen) atoms. The molecule has 98 valence electrons. The van der Waals surface area contributed by atoms with Gasteiger partial charge in [0.1, 0.15) is 0 Å². The zero-order valence-corrected chi connectivity index (χ0v) is 10.6. The summed E-state index contributed by atoms with van der Waals surface area (Å²) in [5, 5.41) is 4.27. The summed E-state index contributed by atoms with van der Waals surface area (Å²) < 4.78 is 13.1. The minimum absolute atomic E-state index is 0.205. The summed E-state index contributed by atoms with van der Waals surface area (Å²) in [6.45, 7) is -0.454. The van der Waals surface area contributed by atoms with Gasteiger partial charge in [-0.2, -0.15) is 0 Å². The number of hydrogen-bond acceptors (Lipinski definition) is 3. The molecule has 0 aliphatic carbocycles. The maximum atomic E-state index is 13.1.